The van der Waals surface area contributed by atoms with Crippen LogP contribution in [0.3, 0.4) is 0 Å². The summed E-state index contributed by atoms with van der Waals surface area (Å²) in [6.07, 6.45) is 5.49. The van der Waals surface area contributed by atoms with Crippen LogP contribution >= 0.6 is 0 Å². The molecule has 4 aliphatic rings. The van der Waals surface area contributed by atoms with Gasteiger partial charge in [0.15, 0.2) is 0 Å². The summed E-state index contributed by atoms with van der Waals surface area (Å²) in [5.41, 5.74) is 6.27. The molecule has 0 saturated carbocycles. The molecule has 8 rings (SSSR count). The predicted octanol–water partition coefficient (Wildman–Crippen LogP) is 4.29. The van der Waals surface area contributed by atoms with Gasteiger partial charge in [-0.1, -0.05) is 0 Å². The third kappa shape index (κ3) is 15.0. The van der Waals surface area contributed by atoms with Gasteiger partial charge in [0.2, 0.25) is 0 Å². The molecule has 0 aromatic carbocycles. The number of amides is 1. The number of piperidine rings is 4. The standard InChI is InChI=1S/C24H32N6O3.C17H18N4O4.C7H16N2.C2HF3O2/c1-24(33-3)6-10-30(11-7-24)21-17-12-19(26-15-20(17)28-22(31)18(21)13-25)23(32)27-14-16-4-8-29(2)9-5-16;1-17(25-2)3-5-21(6-4-17)14-10-7-12(16(23)24)19-9-13(10)20-15(22)11(14)8-18;1-9-4-2-7(6-8)3-5-9;3-2(4,5)1(6)7/h12,15-16H,4-11,14H2,1-3H3,(H,27,32)(H,28,31);7,9H,3-6H2,1-2H3,(H,20,22)(H,23,24);7H,2-6,8H2,1H3;(H,6,7). The number of aromatic nitrogens is 4. The Hall–Kier alpha value is -6.70. The van der Waals surface area contributed by atoms with Gasteiger partial charge in [-0.05, 0) is 136 Å². The molecule has 4 aliphatic heterocycles. The highest BCUT2D eigenvalue weighted by Crippen LogP contribution is 2.35. The maximum absolute atomic E-state index is 12.9. The van der Waals surface area contributed by atoms with Crippen LogP contribution in [0.25, 0.3) is 21.8 Å². The molecule has 8 heterocycles. The molecule has 4 saturated heterocycles. The Balaban J connectivity index is 0.000000215. The van der Waals surface area contributed by atoms with Crippen LogP contribution in [0, 0.1) is 34.5 Å². The minimum absolute atomic E-state index is 0.0175. The Kier molecular flexibility index (Phi) is 20.1. The van der Waals surface area contributed by atoms with Crippen LogP contribution in [0.1, 0.15) is 97.3 Å². The van der Waals surface area contributed by atoms with Gasteiger partial charge in [-0.2, -0.15) is 23.7 Å². The number of carboxylic acid groups (broad SMARTS) is 2. The molecule has 0 unspecified atom stereocenters. The quantitative estimate of drug-likeness (QED) is 0.136. The van der Waals surface area contributed by atoms with E-state index in [2.05, 4.69) is 67.0 Å². The van der Waals surface area contributed by atoms with Crippen molar-refractivity contribution in [3.63, 3.8) is 0 Å². The number of halogens is 3. The van der Waals surface area contributed by atoms with Gasteiger partial charge in [0.25, 0.3) is 17.0 Å². The molecule has 0 radical (unpaired) electrons. The second-order valence-corrected chi connectivity index (χ2v) is 19.6. The zero-order valence-corrected chi connectivity index (χ0v) is 42.7. The second-order valence-electron chi connectivity index (χ2n) is 19.6. The SMILES string of the molecule is CN1CCC(CN)CC1.COC1(C)CCN(c2c(C#N)c(=O)[nH]c3cnc(C(=O)NCC4CCN(C)CC4)cc23)CC1.COC1(C)CCN(c2c(C#N)c(=O)[nH]c3cnc(C(=O)O)cc23)CC1.O=C(O)C(F)(F)F. The highest BCUT2D eigenvalue weighted by Gasteiger charge is 2.38. The van der Waals surface area contributed by atoms with Crippen molar-refractivity contribution >= 4 is 51.0 Å². The van der Waals surface area contributed by atoms with Crippen molar-refractivity contribution in [2.75, 3.05) is 104 Å². The van der Waals surface area contributed by atoms with Crippen LogP contribution in [-0.2, 0) is 14.3 Å². The highest BCUT2D eigenvalue weighted by molar-refractivity contribution is 6.01. The lowest BCUT2D eigenvalue weighted by Crippen LogP contribution is -2.44. The number of fused-ring (bicyclic) bond motifs is 2. The summed E-state index contributed by atoms with van der Waals surface area (Å²) >= 11 is 0. The average molecular weight is 1040 g/mol. The lowest BCUT2D eigenvalue weighted by Gasteiger charge is -2.40. The number of nitriles is 2. The number of likely N-dealkylation sites (tertiary alicyclic amines) is 2. The number of nitrogens with two attached hydrogens (primary N) is 1. The first kappa shape index (κ1) is 58.2. The predicted molar refractivity (Wildman–Crippen MR) is 270 cm³/mol. The largest absolute Gasteiger partial charge is 0.490 e. The van der Waals surface area contributed by atoms with Crippen molar-refractivity contribution in [1.29, 1.82) is 10.5 Å². The number of rotatable bonds is 9. The number of aliphatic carboxylic acids is 1. The van der Waals surface area contributed by atoms with Gasteiger partial charge in [0.05, 0.1) is 46.0 Å². The van der Waals surface area contributed by atoms with Crippen molar-refractivity contribution in [3.8, 4) is 12.1 Å². The van der Waals surface area contributed by atoms with Gasteiger partial charge in [0, 0.05) is 57.7 Å². The molecule has 0 aliphatic carbocycles. The molecule has 1 amide bonds. The fourth-order valence-corrected chi connectivity index (χ4v) is 9.17. The number of nitrogens with one attached hydrogen (secondary N) is 3. The van der Waals surface area contributed by atoms with Crippen LogP contribution in [0.2, 0.25) is 0 Å². The third-order valence-electron chi connectivity index (χ3n) is 14.5. The van der Waals surface area contributed by atoms with E-state index in [1.54, 1.807) is 20.3 Å². The summed E-state index contributed by atoms with van der Waals surface area (Å²) in [5.74, 6) is -2.89. The van der Waals surface area contributed by atoms with Crippen molar-refractivity contribution in [3.05, 3.63) is 67.7 Å². The maximum Gasteiger partial charge on any atom is 0.490 e. The molecule has 74 heavy (non-hydrogen) atoms. The molecule has 0 spiro atoms. The van der Waals surface area contributed by atoms with Gasteiger partial charge < -0.3 is 60.3 Å². The van der Waals surface area contributed by atoms with E-state index < -0.39 is 29.2 Å². The first-order chi connectivity index (χ1) is 35.0. The van der Waals surface area contributed by atoms with Crippen LogP contribution in [-0.4, -0.2) is 169 Å². The summed E-state index contributed by atoms with van der Waals surface area (Å²) in [6.45, 7) is 12.7. The molecule has 0 atom stereocenters. The van der Waals surface area contributed by atoms with E-state index in [4.69, 9.17) is 25.1 Å². The fourth-order valence-electron chi connectivity index (χ4n) is 9.17. The second kappa shape index (κ2) is 25.5. The Labute approximate surface area is 426 Å². The molecule has 402 valence electrons. The molecule has 21 nitrogen and oxygen atoms in total. The van der Waals surface area contributed by atoms with Gasteiger partial charge in [-0.15, -0.1) is 0 Å². The highest BCUT2D eigenvalue weighted by atomic mass is 19.4. The molecular weight excluding hydrogens is 970 g/mol. The molecule has 4 fully saturated rings. The minimum atomic E-state index is -5.08. The number of methoxy groups -OCH3 is 2. The first-order valence-corrected chi connectivity index (χ1v) is 24.4. The number of hydrogen-bond donors (Lipinski definition) is 6. The number of alkyl halides is 3. The number of carbonyl (C=O) groups is 3. The summed E-state index contributed by atoms with van der Waals surface area (Å²) in [6, 6.07) is 7.11. The number of carbonyl (C=O) groups excluding carboxylic acids is 1. The number of hydrogen-bond acceptors (Lipinski definition) is 16. The number of nitrogens with zero attached hydrogens (tertiary/aromatic N) is 8. The van der Waals surface area contributed by atoms with E-state index in [1.165, 1.54) is 44.4 Å². The lowest BCUT2D eigenvalue weighted by atomic mass is 9.92. The Bertz CT molecular complexity index is 2810. The van der Waals surface area contributed by atoms with Crippen molar-refractivity contribution in [2.24, 2.45) is 17.6 Å². The zero-order valence-electron chi connectivity index (χ0n) is 42.7. The van der Waals surface area contributed by atoms with Crippen LogP contribution in [0.15, 0.2) is 34.1 Å². The number of aromatic amines is 2. The zero-order chi connectivity index (χ0) is 54.5. The lowest BCUT2D eigenvalue weighted by molar-refractivity contribution is -0.192. The third-order valence-corrected chi connectivity index (χ3v) is 14.5. The number of aromatic carboxylic acids is 1. The van der Waals surface area contributed by atoms with Crippen LogP contribution in [0.4, 0.5) is 24.5 Å². The minimum Gasteiger partial charge on any atom is -0.477 e. The van der Waals surface area contributed by atoms with E-state index in [-0.39, 0.29) is 39.6 Å². The Morgan fingerprint density at radius 3 is 1.47 bits per heavy atom. The van der Waals surface area contributed by atoms with Crippen molar-refractivity contribution in [1.82, 2.24) is 35.1 Å². The fraction of sp³-hybridized carbons (Fsp3) is 0.580. The number of carboxylic acids is 2. The summed E-state index contributed by atoms with van der Waals surface area (Å²) < 4.78 is 42.9. The van der Waals surface area contributed by atoms with Crippen molar-refractivity contribution in [2.45, 2.75) is 82.6 Å². The van der Waals surface area contributed by atoms with Gasteiger partial charge in [-0.3, -0.25) is 14.4 Å². The molecule has 7 N–H and O–H groups in total. The van der Waals surface area contributed by atoms with E-state index in [0.717, 1.165) is 64.1 Å². The first-order valence-electron chi connectivity index (χ1n) is 24.4. The van der Waals surface area contributed by atoms with Crippen molar-refractivity contribution < 1.29 is 47.2 Å². The summed E-state index contributed by atoms with van der Waals surface area (Å²) in [7, 11) is 7.67. The number of ether oxygens (including phenoxy) is 2. The van der Waals surface area contributed by atoms with Gasteiger partial charge in [0.1, 0.15) is 34.7 Å². The smallest absolute Gasteiger partial charge is 0.477 e. The number of anilines is 2. The Morgan fingerprint density at radius 1 is 0.743 bits per heavy atom. The molecule has 4 aromatic heterocycles. The van der Waals surface area contributed by atoms with Crippen LogP contribution < -0.4 is 32.0 Å². The number of H-pyrrole nitrogens is 2. The maximum atomic E-state index is 12.9. The van der Waals surface area contributed by atoms with Crippen LogP contribution in [0.5, 0.6) is 0 Å². The topological polar surface area (TPSA) is 300 Å². The monoisotopic (exact) mass is 1040 g/mol. The van der Waals surface area contributed by atoms with E-state index in [9.17, 15) is 48.0 Å². The van der Waals surface area contributed by atoms with Gasteiger partial charge in [-0.25, -0.2) is 19.6 Å². The van der Waals surface area contributed by atoms with E-state index in [1.807, 2.05) is 17.9 Å². The van der Waals surface area contributed by atoms with E-state index >= 15 is 0 Å². The molecule has 0 bridgehead atoms. The summed E-state index contributed by atoms with van der Waals surface area (Å²) in [4.78, 5) is 80.0. The molecular formula is C50H67F3N12O9. The molecule has 24 heteroatoms. The number of pyridine rings is 4. The normalized spacial score (nSPS) is 18.3. The van der Waals surface area contributed by atoms with E-state index in [0.29, 0.717) is 71.8 Å². The summed E-state index contributed by atoms with van der Waals surface area (Å²) in [5, 5.41) is 39.7. The molecule has 4 aromatic rings. The average Bonchev–Trinajstić information content (AvgIpc) is 3.38. The Morgan fingerprint density at radius 2 is 1.12 bits per heavy atom. The van der Waals surface area contributed by atoms with Gasteiger partial charge >= 0.3 is 18.1 Å².